The largest absolute Gasteiger partial charge is 0.481 e. The summed E-state index contributed by atoms with van der Waals surface area (Å²) in [5, 5.41) is 9.05. The van der Waals surface area contributed by atoms with Crippen molar-refractivity contribution in [3.8, 4) is 0 Å². The number of nitrogens with zero attached hydrogens (tertiary/aromatic N) is 3. The Bertz CT molecular complexity index is 964. The number of aliphatic carboxylic acids is 1. The summed E-state index contributed by atoms with van der Waals surface area (Å²) in [4.78, 5) is 30.1. The highest BCUT2D eigenvalue weighted by molar-refractivity contribution is 5.97. The Labute approximate surface area is 164 Å². The highest BCUT2D eigenvalue weighted by Gasteiger charge is 2.18. The Balaban J connectivity index is 1.80. The fraction of sp³-hybridized carbons (Fsp3) is 0.318. The zero-order valence-electron chi connectivity index (χ0n) is 16.2. The maximum atomic E-state index is 13.1. The first-order chi connectivity index (χ1) is 13.5. The molecule has 0 atom stereocenters. The van der Waals surface area contributed by atoms with Crippen LogP contribution in [-0.4, -0.2) is 44.5 Å². The van der Waals surface area contributed by atoms with Crippen LogP contribution in [0, 0.1) is 0 Å². The second kappa shape index (κ2) is 8.69. The summed E-state index contributed by atoms with van der Waals surface area (Å²) in [5.41, 5.74) is 3.38. The van der Waals surface area contributed by atoms with Crippen LogP contribution in [0.3, 0.4) is 0 Å². The van der Waals surface area contributed by atoms with Gasteiger partial charge >= 0.3 is 5.97 Å². The van der Waals surface area contributed by atoms with Gasteiger partial charge in [-0.15, -0.1) is 0 Å². The van der Waals surface area contributed by atoms with E-state index in [0.717, 1.165) is 16.6 Å². The summed E-state index contributed by atoms with van der Waals surface area (Å²) in [5.74, 6) is -1.08. The van der Waals surface area contributed by atoms with Gasteiger partial charge < -0.3 is 14.6 Å². The molecule has 3 rings (SSSR count). The van der Waals surface area contributed by atoms with Gasteiger partial charge in [-0.1, -0.05) is 30.3 Å². The average molecular weight is 379 g/mol. The fourth-order valence-electron chi connectivity index (χ4n) is 3.21. The summed E-state index contributed by atoms with van der Waals surface area (Å²) in [6, 6.07) is 15.6. The topological polar surface area (TPSA) is 75.4 Å². The van der Waals surface area contributed by atoms with E-state index in [1.165, 1.54) is 0 Å². The van der Waals surface area contributed by atoms with Gasteiger partial charge in [0.2, 0.25) is 0 Å². The third kappa shape index (κ3) is 4.57. The van der Waals surface area contributed by atoms with E-state index in [4.69, 9.17) is 5.11 Å². The molecule has 0 aliphatic carbocycles. The summed E-state index contributed by atoms with van der Waals surface area (Å²) < 4.78 is 2.06. The second-order valence-corrected chi connectivity index (χ2v) is 7.12. The predicted octanol–water partition coefficient (Wildman–Crippen LogP) is 3.78. The second-order valence-electron chi connectivity index (χ2n) is 7.12. The minimum atomic E-state index is -0.913. The summed E-state index contributed by atoms with van der Waals surface area (Å²) in [7, 11) is 0. The van der Waals surface area contributed by atoms with Crippen molar-refractivity contribution in [1.82, 2.24) is 14.5 Å². The molecule has 0 saturated carbocycles. The first kappa shape index (κ1) is 19.6. The molecule has 1 aromatic heterocycles. The molecule has 146 valence electrons. The van der Waals surface area contributed by atoms with Gasteiger partial charge in [0.25, 0.3) is 5.91 Å². The molecule has 1 heterocycles. The molecule has 0 saturated heterocycles. The van der Waals surface area contributed by atoms with Crippen LogP contribution in [0.5, 0.6) is 0 Å². The lowest BCUT2D eigenvalue weighted by Crippen LogP contribution is -2.34. The van der Waals surface area contributed by atoms with Gasteiger partial charge in [-0.05, 0) is 44.0 Å². The number of imidazole rings is 1. The zero-order chi connectivity index (χ0) is 20.1. The number of hydrogen-bond acceptors (Lipinski definition) is 3. The molecule has 0 bridgehead atoms. The van der Waals surface area contributed by atoms with Gasteiger partial charge in [0, 0.05) is 24.7 Å². The quantitative estimate of drug-likeness (QED) is 0.646. The van der Waals surface area contributed by atoms with E-state index in [1.54, 1.807) is 23.4 Å². The van der Waals surface area contributed by atoms with Gasteiger partial charge in [0.1, 0.15) is 0 Å². The van der Waals surface area contributed by atoms with Crippen LogP contribution < -0.4 is 0 Å². The van der Waals surface area contributed by atoms with Crippen LogP contribution >= 0.6 is 0 Å². The monoisotopic (exact) mass is 379 g/mol. The number of carbonyl (C=O) groups excluding carboxylic acids is 1. The van der Waals surface area contributed by atoms with Crippen molar-refractivity contribution in [1.29, 1.82) is 0 Å². The smallest absolute Gasteiger partial charge is 0.305 e. The van der Waals surface area contributed by atoms with Crippen molar-refractivity contribution in [2.45, 2.75) is 32.7 Å². The predicted molar refractivity (Wildman–Crippen MR) is 108 cm³/mol. The van der Waals surface area contributed by atoms with E-state index in [2.05, 4.69) is 23.4 Å². The van der Waals surface area contributed by atoms with E-state index < -0.39 is 5.97 Å². The van der Waals surface area contributed by atoms with Crippen LogP contribution in [0.2, 0.25) is 0 Å². The Morgan fingerprint density at radius 3 is 2.54 bits per heavy atom. The number of hydrogen-bond donors (Lipinski definition) is 1. The van der Waals surface area contributed by atoms with E-state index in [9.17, 15) is 9.59 Å². The van der Waals surface area contributed by atoms with Crippen molar-refractivity contribution >= 4 is 22.9 Å². The third-order valence-corrected chi connectivity index (χ3v) is 4.77. The lowest BCUT2D eigenvalue weighted by atomic mass is 10.1. The van der Waals surface area contributed by atoms with Gasteiger partial charge in [0.05, 0.1) is 23.8 Å². The van der Waals surface area contributed by atoms with E-state index in [-0.39, 0.29) is 24.9 Å². The number of amides is 1. The molecule has 6 heteroatoms. The maximum Gasteiger partial charge on any atom is 0.305 e. The Kier molecular flexibility index (Phi) is 6.09. The Morgan fingerprint density at radius 1 is 1.11 bits per heavy atom. The van der Waals surface area contributed by atoms with Gasteiger partial charge in [0.15, 0.2) is 0 Å². The molecular formula is C22H25N3O3. The molecule has 0 spiro atoms. The van der Waals surface area contributed by atoms with E-state index >= 15 is 0 Å². The van der Waals surface area contributed by atoms with Crippen LogP contribution in [0.4, 0.5) is 0 Å². The van der Waals surface area contributed by atoms with Crippen molar-refractivity contribution in [3.05, 3.63) is 66.0 Å². The molecule has 1 amide bonds. The van der Waals surface area contributed by atoms with Gasteiger partial charge in [-0.3, -0.25) is 9.59 Å². The summed E-state index contributed by atoms with van der Waals surface area (Å²) in [6.45, 7) is 4.81. The number of carbonyl (C=O) groups is 2. The van der Waals surface area contributed by atoms with Crippen LogP contribution in [0.15, 0.2) is 54.9 Å². The van der Waals surface area contributed by atoms with Gasteiger partial charge in [-0.2, -0.15) is 0 Å². The molecule has 6 nitrogen and oxygen atoms in total. The minimum Gasteiger partial charge on any atom is -0.481 e. The first-order valence-electron chi connectivity index (χ1n) is 9.47. The van der Waals surface area contributed by atoms with Crippen molar-refractivity contribution in [2.75, 3.05) is 13.1 Å². The molecule has 0 radical (unpaired) electrons. The lowest BCUT2D eigenvalue weighted by molar-refractivity contribution is -0.137. The summed E-state index contributed by atoms with van der Waals surface area (Å²) in [6.07, 6.45) is 2.38. The molecule has 0 unspecified atom stereocenters. The number of carboxylic acids is 1. The SMILES string of the molecule is CC(C)n1cnc2cc(C(=O)N(CCC(=O)O)CCc3ccccc3)ccc21. The highest BCUT2D eigenvalue weighted by Crippen LogP contribution is 2.20. The van der Waals surface area contributed by atoms with E-state index in [1.807, 2.05) is 36.4 Å². The number of benzene rings is 2. The molecule has 3 aromatic rings. The number of fused-ring (bicyclic) bond motifs is 1. The Morgan fingerprint density at radius 2 is 1.86 bits per heavy atom. The summed E-state index contributed by atoms with van der Waals surface area (Å²) >= 11 is 0. The molecule has 0 fully saturated rings. The third-order valence-electron chi connectivity index (χ3n) is 4.77. The van der Waals surface area contributed by atoms with Gasteiger partial charge in [-0.25, -0.2) is 4.98 Å². The van der Waals surface area contributed by atoms with Crippen LogP contribution in [0.1, 0.15) is 42.2 Å². The average Bonchev–Trinajstić information content (AvgIpc) is 3.11. The minimum absolute atomic E-state index is 0.0786. The normalized spacial score (nSPS) is 11.1. The highest BCUT2D eigenvalue weighted by atomic mass is 16.4. The molecule has 1 N–H and O–H groups in total. The lowest BCUT2D eigenvalue weighted by Gasteiger charge is -2.22. The van der Waals surface area contributed by atoms with Crippen LogP contribution in [0.25, 0.3) is 11.0 Å². The van der Waals surface area contributed by atoms with Crippen molar-refractivity contribution in [2.24, 2.45) is 0 Å². The fourth-order valence-corrected chi connectivity index (χ4v) is 3.21. The molecule has 28 heavy (non-hydrogen) atoms. The zero-order valence-corrected chi connectivity index (χ0v) is 16.2. The van der Waals surface area contributed by atoms with Crippen molar-refractivity contribution in [3.63, 3.8) is 0 Å². The molecule has 2 aromatic carbocycles. The Hall–Kier alpha value is -3.15. The first-order valence-corrected chi connectivity index (χ1v) is 9.47. The number of rotatable bonds is 8. The van der Waals surface area contributed by atoms with Crippen molar-refractivity contribution < 1.29 is 14.7 Å². The van der Waals surface area contributed by atoms with Crippen LogP contribution in [-0.2, 0) is 11.2 Å². The molecule has 0 aliphatic rings. The molecule has 0 aliphatic heterocycles. The van der Waals surface area contributed by atoms with E-state index in [0.29, 0.717) is 18.5 Å². The maximum absolute atomic E-state index is 13.1. The molecular weight excluding hydrogens is 354 g/mol. The number of aromatic nitrogens is 2. The standard InChI is InChI=1S/C22H25N3O3/c1-16(2)25-15-23-19-14-18(8-9-20(19)25)22(28)24(13-11-21(26)27)12-10-17-6-4-3-5-7-17/h3-9,14-16H,10-13H2,1-2H3,(H,26,27). The number of carboxylic acid groups (broad SMARTS) is 1.